The van der Waals surface area contributed by atoms with Crippen LogP contribution in [0.25, 0.3) is 0 Å². The fourth-order valence-electron chi connectivity index (χ4n) is 3.51. The maximum Gasteiger partial charge on any atom is 0.246 e. The molecule has 0 spiro atoms. The van der Waals surface area contributed by atoms with Crippen LogP contribution in [0, 0.1) is 5.92 Å². The van der Waals surface area contributed by atoms with Crippen molar-refractivity contribution in [1.82, 2.24) is 9.21 Å². The van der Waals surface area contributed by atoms with Crippen LogP contribution >= 0.6 is 0 Å². The molecule has 2 saturated heterocycles. The number of carbonyl (C=O) groups is 1. The van der Waals surface area contributed by atoms with Crippen molar-refractivity contribution in [2.45, 2.75) is 24.7 Å². The van der Waals surface area contributed by atoms with Crippen molar-refractivity contribution in [2.75, 3.05) is 58.4 Å². The van der Waals surface area contributed by atoms with Gasteiger partial charge >= 0.3 is 0 Å². The van der Waals surface area contributed by atoms with E-state index in [9.17, 15) is 13.2 Å². The molecule has 3 rings (SSSR count). The van der Waals surface area contributed by atoms with Gasteiger partial charge in [0.1, 0.15) is 10.6 Å². The molecule has 2 fully saturated rings. The fourth-order valence-corrected chi connectivity index (χ4v) is 5.10. The summed E-state index contributed by atoms with van der Waals surface area (Å²) in [5.74, 6) is 0.817. The number of methoxy groups -OCH3 is 1. The van der Waals surface area contributed by atoms with E-state index in [-0.39, 0.29) is 16.6 Å². The molecule has 28 heavy (non-hydrogen) atoms. The zero-order valence-corrected chi connectivity index (χ0v) is 17.3. The van der Waals surface area contributed by atoms with Crippen molar-refractivity contribution in [3.05, 3.63) is 18.2 Å². The van der Waals surface area contributed by atoms with E-state index in [1.54, 1.807) is 12.1 Å². The molecule has 8 nitrogen and oxygen atoms in total. The topological polar surface area (TPSA) is 88.2 Å². The molecule has 0 atom stereocenters. The number of carbonyl (C=O) groups excluding carboxylic acids is 1. The van der Waals surface area contributed by atoms with E-state index < -0.39 is 10.0 Å². The van der Waals surface area contributed by atoms with E-state index in [1.165, 1.54) is 17.5 Å². The minimum absolute atomic E-state index is 0.0569. The van der Waals surface area contributed by atoms with Gasteiger partial charge in [0.05, 0.1) is 26.9 Å². The SMILES string of the molecule is COc1ccc(NC(=O)CN2CCC(C)CC2)cc1S(=O)(=O)N1CCOCC1. The van der Waals surface area contributed by atoms with Gasteiger partial charge in [-0.15, -0.1) is 0 Å². The van der Waals surface area contributed by atoms with Gasteiger partial charge in [-0.25, -0.2) is 8.42 Å². The minimum Gasteiger partial charge on any atom is -0.495 e. The molecule has 0 aliphatic carbocycles. The number of piperidine rings is 1. The molecule has 1 N–H and O–H groups in total. The first-order chi connectivity index (χ1) is 13.4. The smallest absolute Gasteiger partial charge is 0.246 e. The number of likely N-dealkylation sites (tertiary alicyclic amines) is 1. The summed E-state index contributed by atoms with van der Waals surface area (Å²) in [5.41, 5.74) is 0.447. The van der Waals surface area contributed by atoms with Crippen LogP contribution in [-0.4, -0.2) is 76.6 Å². The molecule has 0 radical (unpaired) electrons. The molecule has 1 aromatic rings. The first-order valence-electron chi connectivity index (χ1n) is 9.68. The highest BCUT2D eigenvalue weighted by Gasteiger charge is 2.29. The highest BCUT2D eigenvalue weighted by Crippen LogP contribution is 2.30. The van der Waals surface area contributed by atoms with Crippen molar-refractivity contribution in [1.29, 1.82) is 0 Å². The lowest BCUT2D eigenvalue weighted by atomic mass is 9.99. The lowest BCUT2D eigenvalue weighted by Gasteiger charge is -2.29. The van der Waals surface area contributed by atoms with Crippen LogP contribution in [0.4, 0.5) is 5.69 Å². The lowest BCUT2D eigenvalue weighted by Crippen LogP contribution is -2.40. The fraction of sp³-hybridized carbons (Fsp3) is 0.632. The molecule has 1 aromatic carbocycles. The summed E-state index contributed by atoms with van der Waals surface area (Å²) in [7, 11) is -2.30. The highest BCUT2D eigenvalue weighted by molar-refractivity contribution is 7.89. The first-order valence-corrected chi connectivity index (χ1v) is 11.1. The monoisotopic (exact) mass is 411 g/mol. The van der Waals surface area contributed by atoms with E-state index in [0.29, 0.717) is 44.5 Å². The van der Waals surface area contributed by atoms with Gasteiger partial charge < -0.3 is 14.8 Å². The number of sulfonamides is 1. The van der Waals surface area contributed by atoms with Crippen molar-refractivity contribution in [3.63, 3.8) is 0 Å². The molecule has 0 aromatic heterocycles. The predicted octanol–water partition coefficient (Wildman–Crippen LogP) is 1.39. The van der Waals surface area contributed by atoms with Crippen molar-refractivity contribution in [3.8, 4) is 5.75 Å². The molecule has 0 saturated carbocycles. The summed E-state index contributed by atoms with van der Waals surface area (Å²) in [6, 6.07) is 4.71. The molecule has 2 heterocycles. The van der Waals surface area contributed by atoms with E-state index >= 15 is 0 Å². The van der Waals surface area contributed by atoms with Gasteiger partial charge in [0.25, 0.3) is 0 Å². The van der Waals surface area contributed by atoms with Crippen LogP contribution in [0.5, 0.6) is 5.75 Å². The second kappa shape index (κ2) is 9.21. The summed E-state index contributed by atoms with van der Waals surface area (Å²) in [5, 5.41) is 2.82. The Morgan fingerprint density at radius 3 is 2.54 bits per heavy atom. The van der Waals surface area contributed by atoms with E-state index in [1.807, 2.05) is 0 Å². The number of nitrogens with zero attached hydrogens (tertiary/aromatic N) is 2. The average Bonchev–Trinajstić information content (AvgIpc) is 2.70. The van der Waals surface area contributed by atoms with Crippen LogP contribution in [0.3, 0.4) is 0 Å². The number of amides is 1. The van der Waals surface area contributed by atoms with Crippen LogP contribution < -0.4 is 10.1 Å². The quantitative estimate of drug-likeness (QED) is 0.761. The van der Waals surface area contributed by atoms with Crippen molar-refractivity contribution >= 4 is 21.6 Å². The van der Waals surface area contributed by atoms with Crippen molar-refractivity contribution in [2.24, 2.45) is 5.92 Å². The van der Waals surface area contributed by atoms with Gasteiger partial charge in [0.15, 0.2) is 0 Å². The average molecular weight is 412 g/mol. The van der Waals surface area contributed by atoms with Gasteiger partial charge in [-0.1, -0.05) is 6.92 Å². The minimum atomic E-state index is -3.73. The summed E-state index contributed by atoms with van der Waals surface area (Å²) in [4.78, 5) is 14.6. The van der Waals surface area contributed by atoms with E-state index in [2.05, 4.69) is 17.1 Å². The predicted molar refractivity (Wildman–Crippen MR) is 106 cm³/mol. The van der Waals surface area contributed by atoms with Gasteiger partial charge in [-0.3, -0.25) is 9.69 Å². The van der Waals surface area contributed by atoms with Crippen LogP contribution in [0.1, 0.15) is 19.8 Å². The maximum absolute atomic E-state index is 13.0. The Balaban J connectivity index is 1.72. The summed E-state index contributed by atoms with van der Waals surface area (Å²) < 4.78 is 37.9. The molecule has 156 valence electrons. The summed E-state index contributed by atoms with van der Waals surface area (Å²) >= 11 is 0. The summed E-state index contributed by atoms with van der Waals surface area (Å²) in [6.07, 6.45) is 2.19. The number of hydrogen-bond donors (Lipinski definition) is 1. The Kier molecular flexibility index (Phi) is 6.92. The van der Waals surface area contributed by atoms with Crippen LogP contribution in [0.2, 0.25) is 0 Å². The van der Waals surface area contributed by atoms with Crippen LogP contribution in [0.15, 0.2) is 23.1 Å². The Hall–Kier alpha value is -1.68. The second-order valence-electron chi connectivity index (χ2n) is 7.39. The molecular weight excluding hydrogens is 382 g/mol. The standard InChI is InChI=1S/C19H29N3O5S/c1-15-5-7-21(8-6-15)14-19(23)20-16-3-4-17(26-2)18(13-16)28(24,25)22-9-11-27-12-10-22/h3-4,13,15H,5-12,14H2,1-2H3,(H,20,23). The second-order valence-corrected chi connectivity index (χ2v) is 9.30. The zero-order chi connectivity index (χ0) is 20.1. The third-order valence-electron chi connectivity index (χ3n) is 5.28. The number of hydrogen-bond acceptors (Lipinski definition) is 6. The highest BCUT2D eigenvalue weighted by atomic mass is 32.2. The van der Waals surface area contributed by atoms with Gasteiger partial charge in [0.2, 0.25) is 15.9 Å². The first kappa shape index (κ1) is 21.0. The maximum atomic E-state index is 13.0. The third-order valence-corrected chi connectivity index (χ3v) is 7.20. The third kappa shape index (κ3) is 5.02. The van der Waals surface area contributed by atoms with Crippen LogP contribution in [-0.2, 0) is 19.6 Å². The number of benzene rings is 1. The Bertz CT molecular complexity index is 785. The molecule has 1 amide bonds. The number of rotatable bonds is 6. The normalized spacial score (nSPS) is 20.1. The summed E-state index contributed by atoms with van der Waals surface area (Å²) in [6.45, 7) is 5.70. The molecule has 0 bridgehead atoms. The Morgan fingerprint density at radius 2 is 1.89 bits per heavy atom. The Labute approximate surface area is 166 Å². The van der Waals surface area contributed by atoms with Gasteiger partial charge in [-0.2, -0.15) is 4.31 Å². The molecule has 9 heteroatoms. The number of ether oxygens (including phenoxy) is 2. The number of nitrogens with one attached hydrogen (secondary N) is 1. The molecular formula is C19H29N3O5S. The molecule has 2 aliphatic rings. The number of morpholine rings is 1. The molecule has 2 aliphatic heterocycles. The van der Waals surface area contributed by atoms with Gasteiger partial charge in [-0.05, 0) is 50.0 Å². The molecule has 0 unspecified atom stereocenters. The lowest BCUT2D eigenvalue weighted by molar-refractivity contribution is -0.117. The van der Waals surface area contributed by atoms with Crippen molar-refractivity contribution < 1.29 is 22.7 Å². The number of anilines is 1. The zero-order valence-electron chi connectivity index (χ0n) is 16.5. The largest absolute Gasteiger partial charge is 0.495 e. The van der Waals surface area contributed by atoms with Gasteiger partial charge in [0, 0.05) is 18.8 Å². The van der Waals surface area contributed by atoms with E-state index in [4.69, 9.17) is 9.47 Å². The Morgan fingerprint density at radius 1 is 1.21 bits per heavy atom. The van der Waals surface area contributed by atoms with E-state index in [0.717, 1.165) is 25.9 Å².